The van der Waals surface area contributed by atoms with Gasteiger partial charge in [0.1, 0.15) is 6.04 Å². The Bertz CT molecular complexity index is 456. The number of carbonyl (C=O) groups excluding carboxylic acids is 2. The second-order valence-corrected chi connectivity index (χ2v) is 4.32. The highest BCUT2D eigenvalue weighted by Gasteiger charge is 2.27. The number of aryl methyl sites for hydroxylation is 1. The summed E-state index contributed by atoms with van der Waals surface area (Å²) in [5.74, 6) is -0.118. The Kier molecular flexibility index (Phi) is 3.13. The molecule has 17 heavy (non-hydrogen) atoms. The first kappa shape index (κ1) is 11.6. The summed E-state index contributed by atoms with van der Waals surface area (Å²) >= 11 is 0. The third kappa shape index (κ3) is 2.30. The van der Waals surface area contributed by atoms with Gasteiger partial charge in [0.15, 0.2) is 0 Å². The van der Waals surface area contributed by atoms with Crippen LogP contribution in [0.1, 0.15) is 18.9 Å². The lowest BCUT2D eigenvalue weighted by atomic mass is 10.1. The summed E-state index contributed by atoms with van der Waals surface area (Å²) in [7, 11) is 0. The molecule has 0 radical (unpaired) electrons. The molecule has 1 atom stereocenters. The van der Waals surface area contributed by atoms with Crippen LogP contribution in [-0.4, -0.2) is 24.4 Å². The van der Waals surface area contributed by atoms with Gasteiger partial charge in [-0.05, 0) is 25.5 Å². The van der Waals surface area contributed by atoms with Crippen molar-refractivity contribution in [3.63, 3.8) is 0 Å². The van der Waals surface area contributed by atoms with E-state index >= 15 is 0 Å². The molecular formula is C13H16N2O2. The third-order valence-corrected chi connectivity index (χ3v) is 2.98. The molecule has 1 heterocycles. The fourth-order valence-corrected chi connectivity index (χ4v) is 2.04. The summed E-state index contributed by atoms with van der Waals surface area (Å²) in [5, 5.41) is 2.68. The Hall–Kier alpha value is -1.84. The number of carbonyl (C=O) groups is 2. The van der Waals surface area contributed by atoms with Gasteiger partial charge >= 0.3 is 0 Å². The molecule has 1 aromatic rings. The number of amides is 2. The van der Waals surface area contributed by atoms with E-state index < -0.39 is 6.04 Å². The average Bonchev–Trinajstić information content (AvgIpc) is 2.41. The molecule has 0 aliphatic carbocycles. The molecule has 0 saturated carbocycles. The second-order valence-electron chi connectivity index (χ2n) is 4.32. The van der Waals surface area contributed by atoms with E-state index in [9.17, 15) is 9.59 Å². The van der Waals surface area contributed by atoms with E-state index in [4.69, 9.17) is 0 Å². The first-order valence-electron chi connectivity index (χ1n) is 5.76. The highest BCUT2D eigenvalue weighted by Crippen LogP contribution is 2.21. The van der Waals surface area contributed by atoms with Crippen LogP contribution in [0.2, 0.25) is 0 Å². The van der Waals surface area contributed by atoms with Crippen LogP contribution in [0.15, 0.2) is 24.3 Å². The van der Waals surface area contributed by atoms with E-state index in [1.54, 1.807) is 11.8 Å². The van der Waals surface area contributed by atoms with Gasteiger partial charge in [-0.1, -0.05) is 18.2 Å². The normalized spacial score (nSPS) is 21.1. The predicted molar refractivity (Wildman–Crippen MR) is 65.8 cm³/mol. The first-order chi connectivity index (χ1) is 8.09. The highest BCUT2D eigenvalue weighted by atomic mass is 16.2. The molecule has 1 unspecified atom stereocenters. The molecule has 1 aliphatic heterocycles. The molecule has 90 valence electrons. The molecule has 4 heteroatoms. The van der Waals surface area contributed by atoms with E-state index in [2.05, 4.69) is 5.32 Å². The van der Waals surface area contributed by atoms with Gasteiger partial charge in [-0.25, -0.2) is 0 Å². The van der Waals surface area contributed by atoms with E-state index in [0.717, 1.165) is 11.3 Å². The lowest BCUT2D eigenvalue weighted by Crippen LogP contribution is -2.42. The Balaban J connectivity index is 2.34. The molecule has 1 aromatic carbocycles. The maximum absolute atomic E-state index is 12.2. The average molecular weight is 232 g/mol. The first-order valence-corrected chi connectivity index (χ1v) is 5.76. The lowest BCUT2D eigenvalue weighted by molar-refractivity contribution is -0.125. The summed E-state index contributed by atoms with van der Waals surface area (Å²) in [4.78, 5) is 25.3. The highest BCUT2D eigenvalue weighted by molar-refractivity contribution is 6.01. The molecule has 2 amide bonds. The summed E-state index contributed by atoms with van der Waals surface area (Å²) in [6.45, 7) is 4.13. The van der Waals surface area contributed by atoms with Gasteiger partial charge < -0.3 is 10.2 Å². The number of nitrogens with one attached hydrogen (secondary N) is 1. The van der Waals surface area contributed by atoms with E-state index in [-0.39, 0.29) is 11.8 Å². The largest absolute Gasteiger partial charge is 0.345 e. The summed E-state index contributed by atoms with van der Waals surface area (Å²) in [6, 6.07) is 7.27. The van der Waals surface area contributed by atoms with Gasteiger partial charge in [0, 0.05) is 18.7 Å². The SMILES string of the molecule is Cc1ccccc1N1CCC(=O)NC(C)C1=O. The van der Waals surface area contributed by atoms with Crippen molar-refractivity contribution >= 4 is 17.5 Å². The van der Waals surface area contributed by atoms with Crippen LogP contribution >= 0.6 is 0 Å². The van der Waals surface area contributed by atoms with Crippen molar-refractivity contribution in [2.24, 2.45) is 0 Å². The van der Waals surface area contributed by atoms with Gasteiger partial charge in [-0.2, -0.15) is 0 Å². The number of benzene rings is 1. The number of nitrogens with zero attached hydrogens (tertiary/aromatic N) is 1. The summed E-state index contributed by atoms with van der Waals surface area (Å²) in [6.07, 6.45) is 0.352. The number of hydrogen-bond acceptors (Lipinski definition) is 2. The Labute approximate surface area is 101 Å². The van der Waals surface area contributed by atoms with Gasteiger partial charge in [0.25, 0.3) is 0 Å². The Morgan fingerprint density at radius 2 is 2.00 bits per heavy atom. The number of hydrogen-bond donors (Lipinski definition) is 1. The molecule has 0 spiro atoms. The van der Waals surface area contributed by atoms with E-state index in [1.165, 1.54) is 0 Å². The van der Waals surface area contributed by atoms with Crippen molar-refractivity contribution < 1.29 is 9.59 Å². The quantitative estimate of drug-likeness (QED) is 0.792. The van der Waals surface area contributed by atoms with Crippen molar-refractivity contribution in [3.05, 3.63) is 29.8 Å². The maximum Gasteiger partial charge on any atom is 0.249 e. The zero-order valence-corrected chi connectivity index (χ0v) is 10.1. The lowest BCUT2D eigenvalue weighted by Gasteiger charge is -2.24. The number of para-hydroxylation sites is 1. The minimum absolute atomic E-state index is 0.0508. The fourth-order valence-electron chi connectivity index (χ4n) is 2.04. The predicted octanol–water partition coefficient (Wildman–Crippen LogP) is 1.24. The standard InChI is InChI=1S/C13H16N2O2/c1-9-5-3-4-6-11(9)15-8-7-12(16)14-10(2)13(15)17/h3-6,10H,7-8H2,1-2H3,(H,14,16). The Morgan fingerprint density at radius 1 is 1.29 bits per heavy atom. The van der Waals surface area contributed by atoms with Crippen molar-refractivity contribution in [1.29, 1.82) is 0 Å². The third-order valence-electron chi connectivity index (χ3n) is 2.98. The smallest absolute Gasteiger partial charge is 0.249 e. The van der Waals surface area contributed by atoms with Crippen LogP contribution in [0.3, 0.4) is 0 Å². The van der Waals surface area contributed by atoms with Gasteiger partial charge in [-0.15, -0.1) is 0 Å². The molecule has 2 rings (SSSR count). The van der Waals surface area contributed by atoms with Crippen molar-refractivity contribution in [2.45, 2.75) is 26.3 Å². The number of anilines is 1. The van der Waals surface area contributed by atoms with Gasteiger partial charge in [-0.3, -0.25) is 9.59 Å². The molecule has 0 aromatic heterocycles. The van der Waals surface area contributed by atoms with Crippen LogP contribution in [-0.2, 0) is 9.59 Å². The molecule has 1 saturated heterocycles. The van der Waals surface area contributed by atoms with Crippen LogP contribution < -0.4 is 10.2 Å². The molecular weight excluding hydrogens is 216 g/mol. The van der Waals surface area contributed by atoms with Crippen LogP contribution in [0, 0.1) is 6.92 Å². The van der Waals surface area contributed by atoms with E-state index in [0.29, 0.717) is 13.0 Å². The number of rotatable bonds is 1. The van der Waals surface area contributed by atoms with Crippen LogP contribution in [0.4, 0.5) is 5.69 Å². The van der Waals surface area contributed by atoms with Crippen molar-refractivity contribution in [1.82, 2.24) is 5.32 Å². The monoisotopic (exact) mass is 232 g/mol. The van der Waals surface area contributed by atoms with Gasteiger partial charge in [0.2, 0.25) is 11.8 Å². The second kappa shape index (κ2) is 4.57. The van der Waals surface area contributed by atoms with Gasteiger partial charge in [0.05, 0.1) is 0 Å². The van der Waals surface area contributed by atoms with Crippen molar-refractivity contribution in [2.75, 3.05) is 11.4 Å². The minimum Gasteiger partial charge on any atom is -0.345 e. The fraction of sp³-hybridized carbons (Fsp3) is 0.385. The maximum atomic E-state index is 12.2. The Morgan fingerprint density at radius 3 is 2.71 bits per heavy atom. The van der Waals surface area contributed by atoms with Crippen molar-refractivity contribution in [3.8, 4) is 0 Å². The summed E-state index contributed by atoms with van der Waals surface area (Å²) in [5.41, 5.74) is 1.93. The van der Waals surface area contributed by atoms with E-state index in [1.807, 2.05) is 31.2 Å². The van der Waals surface area contributed by atoms with Crippen LogP contribution in [0.5, 0.6) is 0 Å². The minimum atomic E-state index is -0.454. The molecule has 4 nitrogen and oxygen atoms in total. The molecule has 1 aliphatic rings. The summed E-state index contributed by atoms with van der Waals surface area (Å²) < 4.78 is 0. The zero-order chi connectivity index (χ0) is 12.4. The zero-order valence-electron chi connectivity index (χ0n) is 10.1. The van der Waals surface area contributed by atoms with Crippen LogP contribution in [0.25, 0.3) is 0 Å². The topological polar surface area (TPSA) is 49.4 Å². The molecule has 1 N–H and O–H groups in total. The molecule has 1 fully saturated rings. The molecule has 0 bridgehead atoms.